The van der Waals surface area contributed by atoms with Crippen LogP contribution in [0, 0.1) is 0 Å². The second-order valence-electron chi connectivity index (χ2n) is 6.11. The van der Waals surface area contributed by atoms with E-state index in [4.69, 9.17) is 24.7 Å². The van der Waals surface area contributed by atoms with Crippen molar-refractivity contribution in [2.75, 3.05) is 40.6 Å². The van der Waals surface area contributed by atoms with Crippen LogP contribution in [-0.4, -0.2) is 50.6 Å². The molecule has 0 saturated heterocycles. The van der Waals surface area contributed by atoms with Crippen molar-refractivity contribution in [1.29, 1.82) is 0 Å². The summed E-state index contributed by atoms with van der Waals surface area (Å²) in [6.07, 6.45) is 0. The normalized spacial score (nSPS) is 12.1. The van der Waals surface area contributed by atoms with E-state index in [-0.39, 0.29) is 6.01 Å². The lowest BCUT2D eigenvalue weighted by molar-refractivity contribution is 0.0528. The molecule has 3 aromatic rings. The van der Waals surface area contributed by atoms with Crippen LogP contribution in [0.2, 0.25) is 0 Å². The topological polar surface area (TPSA) is 88.7 Å². The van der Waals surface area contributed by atoms with Gasteiger partial charge in [-0.1, -0.05) is 30.3 Å². The molecule has 1 atom stereocenters. The molecule has 1 aromatic heterocycles. The monoisotopic (exact) mass is 383 g/mol. The van der Waals surface area contributed by atoms with Gasteiger partial charge in [0.1, 0.15) is 12.4 Å². The van der Waals surface area contributed by atoms with E-state index in [9.17, 15) is 0 Å². The van der Waals surface area contributed by atoms with E-state index in [1.165, 1.54) is 0 Å². The summed E-state index contributed by atoms with van der Waals surface area (Å²) in [6, 6.07) is 15.3. The number of fused-ring (bicyclic) bond motifs is 1. The maximum Gasteiger partial charge on any atom is 0.317 e. The molecule has 0 radical (unpaired) electrons. The molecule has 3 rings (SSSR count). The Morgan fingerprint density at radius 1 is 0.893 bits per heavy atom. The predicted molar refractivity (Wildman–Crippen MR) is 107 cm³/mol. The van der Waals surface area contributed by atoms with Crippen LogP contribution < -0.4 is 15.2 Å². The number of methoxy groups -OCH3 is 2. The Morgan fingerprint density at radius 2 is 1.64 bits per heavy atom. The van der Waals surface area contributed by atoms with Crippen molar-refractivity contribution < 1.29 is 18.9 Å². The zero-order valence-electron chi connectivity index (χ0n) is 16.1. The van der Waals surface area contributed by atoms with E-state index < -0.39 is 6.04 Å². The van der Waals surface area contributed by atoms with Crippen molar-refractivity contribution >= 4 is 10.9 Å². The van der Waals surface area contributed by atoms with E-state index in [0.717, 1.165) is 22.2 Å². The molecule has 1 unspecified atom stereocenters. The zero-order chi connectivity index (χ0) is 19.8. The molecule has 0 aliphatic heterocycles. The molecule has 0 fully saturated rings. The first-order valence-electron chi connectivity index (χ1n) is 9.08. The molecule has 7 nitrogen and oxygen atoms in total. The fraction of sp³-hybridized carbons (Fsp3) is 0.333. The third-order valence-electron chi connectivity index (χ3n) is 4.27. The summed E-state index contributed by atoms with van der Waals surface area (Å²) in [5, 5.41) is 0.898. The van der Waals surface area contributed by atoms with E-state index in [1.807, 2.05) is 48.5 Å². The molecule has 0 spiro atoms. The number of aromatic nitrogens is 2. The van der Waals surface area contributed by atoms with Gasteiger partial charge in [0, 0.05) is 12.5 Å². The van der Waals surface area contributed by atoms with Crippen LogP contribution in [0.4, 0.5) is 0 Å². The lowest BCUT2D eigenvalue weighted by atomic mass is 10.0. The molecule has 28 heavy (non-hydrogen) atoms. The minimum atomic E-state index is -0.417. The lowest BCUT2D eigenvalue weighted by Gasteiger charge is -2.16. The molecule has 0 bridgehead atoms. The molecule has 0 saturated carbocycles. The molecular weight excluding hydrogens is 358 g/mol. The second kappa shape index (κ2) is 9.98. The molecule has 148 valence electrons. The van der Waals surface area contributed by atoms with Gasteiger partial charge in [-0.2, -0.15) is 9.97 Å². The SMILES string of the molecule is COCCOCCOc1nc(C(N)c2ccc(OC)cc2)c2ccccc2n1. The van der Waals surface area contributed by atoms with Gasteiger partial charge in [0.2, 0.25) is 0 Å². The predicted octanol–water partition coefficient (Wildman–Crippen LogP) is 2.73. The van der Waals surface area contributed by atoms with Crippen LogP contribution in [0.3, 0.4) is 0 Å². The van der Waals surface area contributed by atoms with Crippen LogP contribution in [0.5, 0.6) is 11.8 Å². The Balaban J connectivity index is 1.81. The number of nitrogens with zero attached hydrogens (tertiary/aromatic N) is 2. The number of hydrogen-bond donors (Lipinski definition) is 1. The van der Waals surface area contributed by atoms with E-state index in [1.54, 1.807) is 14.2 Å². The third kappa shape index (κ3) is 4.95. The number of para-hydroxylation sites is 1. The van der Waals surface area contributed by atoms with Gasteiger partial charge >= 0.3 is 6.01 Å². The van der Waals surface area contributed by atoms with Crippen LogP contribution in [0.15, 0.2) is 48.5 Å². The summed E-state index contributed by atoms with van der Waals surface area (Å²) in [5.74, 6) is 0.779. The summed E-state index contributed by atoms with van der Waals surface area (Å²) in [6.45, 7) is 1.85. The smallest absolute Gasteiger partial charge is 0.317 e. The quantitative estimate of drug-likeness (QED) is 0.539. The van der Waals surface area contributed by atoms with Crippen molar-refractivity contribution in [2.24, 2.45) is 5.73 Å². The van der Waals surface area contributed by atoms with E-state index in [2.05, 4.69) is 9.97 Å². The molecule has 0 amide bonds. The van der Waals surface area contributed by atoms with Gasteiger partial charge in [0.25, 0.3) is 0 Å². The molecule has 0 aliphatic carbocycles. The Labute approximate surface area is 164 Å². The first-order chi connectivity index (χ1) is 13.7. The highest BCUT2D eigenvalue weighted by molar-refractivity contribution is 5.82. The summed E-state index contributed by atoms with van der Waals surface area (Å²) in [5.41, 5.74) is 8.95. The Bertz CT molecular complexity index is 886. The van der Waals surface area contributed by atoms with Gasteiger partial charge in [-0.15, -0.1) is 0 Å². The number of rotatable bonds is 10. The van der Waals surface area contributed by atoms with E-state index >= 15 is 0 Å². The molecule has 2 aromatic carbocycles. The number of ether oxygens (including phenoxy) is 4. The lowest BCUT2D eigenvalue weighted by Crippen LogP contribution is -2.16. The molecule has 7 heteroatoms. The number of benzene rings is 2. The Morgan fingerprint density at radius 3 is 2.39 bits per heavy atom. The van der Waals surface area contributed by atoms with Crippen LogP contribution >= 0.6 is 0 Å². The first-order valence-corrected chi connectivity index (χ1v) is 9.08. The van der Waals surface area contributed by atoms with Gasteiger partial charge in [0.15, 0.2) is 0 Å². The summed E-state index contributed by atoms with van der Waals surface area (Å²) in [7, 11) is 3.27. The first kappa shape index (κ1) is 20.0. The van der Waals surface area contributed by atoms with E-state index in [0.29, 0.717) is 32.1 Å². The standard InChI is InChI=1S/C21H25N3O4/c1-25-11-12-27-13-14-28-21-23-18-6-4-3-5-17(18)20(24-21)19(22)15-7-9-16(26-2)10-8-15/h3-10,19H,11-14,22H2,1-2H3. The van der Waals surface area contributed by atoms with Gasteiger partial charge in [0.05, 0.1) is 44.2 Å². The van der Waals surface area contributed by atoms with Gasteiger partial charge in [-0.05, 0) is 23.8 Å². The van der Waals surface area contributed by atoms with Crippen molar-refractivity contribution in [3.63, 3.8) is 0 Å². The average molecular weight is 383 g/mol. The van der Waals surface area contributed by atoms with Crippen LogP contribution in [0.25, 0.3) is 10.9 Å². The summed E-state index contributed by atoms with van der Waals surface area (Å²) < 4.78 is 21.3. The second-order valence-corrected chi connectivity index (χ2v) is 6.11. The molecule has 0 aliphatic rings. The maximum atomic E-state index is 6.53. The van der Waals surface area contributed by atoms with Crippen molar-refractivity contribution in [3.8, 4) is 11.8 Å². The highest BCUT2D eigenvalue weighted by atomic mass is 16.5. The van der Waals surface area contributed by atoms with Crippen LogP contribution in [0.1, 0.15) is 17.3 Å². The average Bonchev–Trinajstić information content (AvgIpc) is 2.75. The molecular formula is C21H25N3O4. The van der Waals surface area contributed by atoms with Crippen molar-refractivity contribution in [3.05, 3.63) is 59.8 Å². The molecule has 1 heterocycles. The maximum absolute atomic E-state index is 6.53. The van der Waals surface area contributed by atoms with Gasteiger partial charge < -0.3 is 24.7 Å². The largest absolute Gasteiger partial charge is 0.497 e. The van der Waals surface area contributed by atoms with Crippen molar-refractivity contribution in [2.45, 2.75) is 6.04 Å². The zero-order valence-corrected chi connectivity index (χ0v) is 16.1. The fourth-order valence-electron chi connectivity index (χ4n) is 2.79. The highest BCUT2D eigenvalue weighted by Crippen LogP contribution is 2.27. The summed E-state index contributed by atoms with van der Waals surface area (Å²) in [4.78, 5) is 9.07. The minimum absolute atomic E-state index is 0.285. The Hall–Kier alpha value is -2.74. The van der Waals surface area contributed by atoms with Gasteiger partial charge in [-0.25, -0.2) is 0 Å². The highest BCUT2D eigenvalue weighted by Gasteiger charge is 2.17. The molecule has 2 N–H and O–H groups in total. The summed E-state index contributed by atoms with van der Waals surface area (Å²) >= 11 is 0. The van der Waals surface area contributed by atoms with Crippen LogP contribution in [-0.2, 0) is 9.47 Å². The Kier molecular flexibility index (Phi) is 7.13. The number of nitrogens with two attached hydrogens (primary N) is 1. The van der Waals surface area contributed by atoms with Gasteiger partial charge in [-0.3, -0.25) is 0 Å². The minimum Gasteiger partial charge on any atom is -0.497 e. The van der Waals surface area contributed by atoms with Crippen molar-refractivity contribution in [1.82, 2.24) is 9.97 Å². The number of hydrogen-bond acceptors (Lipinski definition) is 7. The third-order valence-corrected chi connectivity index (χ3v) is 4.27. The fourth-order valence-corrected chi connectivity index (χ4v) is 2.79.